The van der Waals surface area contributed by atoms with Crippen molar-refractivity contribution in [1.29, 1.82) is 0 Å². The van der Waals surface area contributed by atoms with Crippen molar-refractivity contribution in [1.82, 2.24) is 0 Å². The molecule has 0 amide bonds. The van der Waals surface area contributed by atoms with Crippen LogP contribution in [-0.4, -0.2) is 6.61 Å². The highest BCUT2D eigenvalue weighted by Crippen LogP contribution is 2.37. The molecule has 1 unspecified atom stereocenters. The molecule has 0 N–H and O–H groups in total. The van der Waals surface area contributed by atoms with Crippen LogP contribution in [-0.2, 0) is 10.3 Å². The van der Waals surface area contributed by atoms with E-state index in [2.05, 4.69) is 0 Å². The van der Waals surface area contributed by atoms with Gasteiger partial charge in [-0.15, -0.1) is 0 Å². The van der Waals surface area contributed by atoms with Gasteiger partial charge in [-0.2, -0.15) is 0 Å². The van der Waals surface area contributed by atoms with Crippen LogP contribution in [0.4, 0.5) is 4.39 Å². The highest BCUT2D eigenvalue weighted by molar-refractivity contribution is 5.29. The molecule has 0 radical (unpaired) electrons. The first-order valence-electron chi connectivity index (χ1n) is 4.52. The number of hydrogen-bond donors (Lipinski definition) is 0. The molecule has 1 atom stereocenters. The number of hydrogen-bond acceptors (Lipinski definition) is 1. The van der Waals surface area contributed by atoms with E-state index in [1.165, 1.54) is 6.07 Å². The number of benzene rings is 1. The normalized spacial score (nSPS) is 27.0. The Morgan fingerprint density at radius 2 is 2.15 bits per heavy atom. The maximum Gasteiger partial charge on any atom is 0.126 e. The minimum Gasteiger partial charge on any atom is -0.370 e. The van der Waals surface area contributed by atoms with Gasteiger partial charge in [0.2, 0.25) is 0 Å². The van der Waals surface area contributed by atoms with Crippen molar-refractivity contribution >= 4 is 0 Å². The number of halogens is 1. The minimum atomic E-state index is -0.168. The lowest BCUT2D eigenvalue weighted by atomic mass is 9.88. The molecule has 13 heavy (non-hydrogen) atoms. The zero-order valence-electron chi connectivity index (χ0n) is 7.93. The molecule has 0 spiro atoms. The summed E-state index contributed by atoms with van der Waals surface area (Å²) in [5, 5.41) is 0. The Morgan fingerprint density at radius 3 is 2.62 bits per heavy atom. The maximum atomic E-state index is 13.0. The molecule has 2 heteroatoms. The van der Waals surface area contributed by atoms with Crippen LogP contribution in [0.3, 0.4) is 0 Å². The predicted molar refractivity (Wildman–Crippen MR) is 49.1 cm³/mol. The summed E-state index contributed by atoms with van der Waals surface area (Å²) in [6.07, 6.45) is 1.03. The molecule has 0 saturated carbocycles. The molecule has 1 nitrogen and oxygen atoms in total. The fraction of sp³-hybridized carbons (Fsp3) is 0.455. The van der Waals surface area contributed by atoms with E-state index in [-0.39, 0.29) is 11.4 Å². The van der Waals surface area contributed by atoms with Gasteiger partial charge in [-0.05, 0) is 31.0 Å². The van der Waals surface area contributed by atoms with Crippen molar-refractivity contribution in [3.05, 3.63) is 35.1 Å². The zero-order chi connectivity index (χ0) is 9.47. The Labute approximate surface area is 77.5 Å². The largest absolute Gasteiger partial charge is 0.370 e. The highest BCUT2D eigenvalue weighted by atomic mass is 19.1. The second kappa shape index (κ2) is 2.81. The summed E-state index contributed by atoms with van der Waals surface area (Å²) in [5.74, 6) is -0.147. The van der Waals surface area contributed by atoms with E-state index in [1.807, 2.05) is 19.1 Å². The maximum absolute atomic E-state index is 13.0. The van der Waals surface area contributed by atoms with Crippen molar-refractivity contribution in [2.45, 2.75) is 25.9 Å². The number of rotatable bonds is 1. The molecule has 1 saturated heterocycles. The van der Waals surface area contributed by atoms with E-state index in [1.54, 1.807) is 6.92 Å². The summed E-state index contributed by atoms with van der Waals surface area (Å²) in [4.78, 5) is 0. The lowest BCUT2D eigenvalue weighted by molar-refractivity contribution is -0.140. The van der Waals surface area contributed by atoms with Gasteiger partial charge in [-0.25, -0.2) is 4.39 Å². The summed E-state index contributed by atoms with van der Waals surface area (Å²) in [6.45, 7) is 4.64. The van der Waals surface area contributed by atoms with Crippen LogP contribution >= 0.6 is 0 Å². The molecule has 70 valence electrons. The van der Waals surface area contributed by atoms with Crippen LogP contribution in [0.25, 0.3) is 0 Å². The van der Waals surface area contributed by atoms with Crippen molar-refractivity contribution in [3.63, 3.8) is 0 Å². The molecule has 0 aliphatic carbocycles. The van der Waals surface area contributed by atoms with Crippen molar-refractivity contribution in [3.8, 4) is 0 Å². The Bertz CT molecular complexity index is 329. The van der Waals surface area contributed by atoms with Gasteiger partial charge in [0, 0.05) is 6.42 Å². The molecule has 1 heterocycles. The Kier molecular flexibility index (Phi) is 1.88. The van der Waals surface area contributed by atoms with Gasteiger partial charge in [-0.1, -0.05) is 12.1 Å². The van der Waals surface area contributed by atoms with Gasteiger partial charge in [0.15, 0.2) is 0 Å². The third-order valence-electron chi connectivity index (χ3n) is 2.77. The second-order valence-corrected chi connectivity index (χ2v) is 3.79. The van der Waals surface area contributed by atoms with Crippen LogP contribution in [0.5, 0.6) is 0 Å². The van der Waals surface area contributed by atoms with Gasteiger partial charge < -0.3 is 4.74 Å². The third kappa shape index (κ3) is 1.35. The van der Waals surface area contributed by atoms with Crippen LogP contribution in [0.1, 0.15) is 24.5 Å². The average molecular weight is 180 g/mol. The fourth-order valence-electron chi connectivity index (χ4n) is 1.61. The fourth-order valence-corrected chi connectivity index (χ4v) is 1.61. The lowest BCUT2D eigenvalue weighted by Gasteiger charge is -2.39. The monoisotopic (exact) mass is 180 g/mol. The smallest absolute Gasteiger partial charge is 0.126 e. The lowest BCUT2D eigenvalue weighted by Crippen LogP contribution is -2.37. The van der Waals surface area contributed by atoms with Crippen LogP contribution < -0.4 is 0 Å². The summed E-state index contributed by atoms with van der Waals surface area (Å²) >= 11 is 0. The van der Waals surface area contributed by atoms with E-state index in [9.17, 15) is 4.39 Å². The van der Waals surface area contributed by atoms with Crippen LogP contribution in [0, 0.1) is 12.7 Å². The molecular weight excluding hydrogens is 167 g/mol. The van der Waals surface area contributed by atoms with Gasteiger partial charge in [0.05, 0.1) is 12.2 Å². The van der Waals surface area contributed by atoms with E-state index in [4.69, 9.17) is 4.74 Å². The molecule has 1 aromatic rings. The van der Waals surface area contributed by atoms with E-state index < -0.39 is 0 Å². The molecule has 0 bridgehead atoms. The molecule has 1 aliphatic rings. The Balaban J connectivity index is 2.36. The SMILES string of the molecule is Cc1cc(C2(C)CCO2)ccc1F. The summed E-state index contributed by atoms with van der Waals surface area (Å²) in [5.41, 5.74) is 1.60. The van der Waals surface area contributed by atoms with E-state index in [0.29, 0.717) is 5.56 Å². The van der Waals surface area contributed by atoms with Crippen LogP contribution in [0.2, 0.25) is 0 Å². The molecule has 2 rings (SSSR count). The quantitative estimate of drug-likeness (QED) is 0.645. The molecule has 0 aromatic heterocycles. The first kappa shape index (κ1) is 8.70. The van der Waals surface area contributed by atoms with Crippen molar-refractivity contribution in [2.24, 2.45) is 0 Å². The zero-order valence-corrected chi connectivity index (χ0v) is 7.93. The molecular formula is C11H13FO. The topological polar surface area (TPSA) is 9.23 Å². The summed E-state index contributed by atoms with van der Waals surface area (Å²) in [7, 11) is 0. The Morgan fingerprint density at radius 1 is 1.46 bits per heavy atom. The van der Waals surface area contributed by atoms with Crippen molar-refractivity contribution < 1.29 is 9.13 Å². The van der Waals surface area contributed by atoms with Crippen molar-refractivity contribution in [2.75, 3.05) is 6.61 Å². The molecule has 1 aliphatic heterocycles. The van der Waals surface area contributed by atoms with Gasteiger partial charge in [0.1, 0.15) is 5.82 Å². The van der Waals surface area contributed by atoms with Crippen LogP contribution in [0.15, 0.2) is 18.2 Å². The first-order chi connectivity index (χ1) is 6.12. The predicted octanol–water partition coefficient (Wildman–Crippen LogP) is 2.77. The Hall–Kier alpha value is -0.890. The number of ether oxygens (including phenoxy) is 1. The average Bonchev–Trinajstić information content (AvgIpc) is 2.06. The molecule has 1 aromatic carbocycles. The number of aryl methyl sites for hydroxylation is 1. The van der Waals surface area contributed by atoms with E-state index >= 15 is 0 Å². The van der Waals surface area contributed by atoms with Gasteiger partial charge in [0.25, 0.3) is 0 Å². The summed E-state index contributed by atoms with van der Waals surface area (Å²) < 4.78 is 18.4. The first-order valence-corrected chi connectivity index (χ1v) is 4.52. The highest BCUT2D eigenvalue weighted by Gasteiger charge is 2.34. The second-order valence-electron chi connectivity index (χ2n) is 3.79. The molecule has 1 fully saturated rings. The summed E-state index contributed by atoms with van der Waals surface area (Å²) in [6, 6.07) is 5.19. The van der Waals surface area contributed by atoms with Gasteiger partial charge >= 0.3 is 0 Å². The standard InChI is InChI=1S/C11H13FO/c1-8-7-9(3-4-10(8)12)11(2)5-6-13-11/h3-4,7H,5-6H2,1-2H3. The minimum absolute atomic E-state index is 0.147. The van der Waals surface area contributed by atoms with E-state index in [0.717, 1.165) is 18.6 Å². The third-order valence-corrected chi connectivity index (χ3v) is 2.77. The van der Waals surface area contributed by atoms with Gasteiger partial charge in [-0.3, -0.25) is 0 Å².